The van der Waals surface area contributed by atoms with Crippen molar-refractivity contribution in [2.75, 3.05) is 23.8 Å². The lowest BCUT2D eigenvalue weighted by molar-refractivity contribution is -0.115. The van der Waals surface area contributed by atoms with Crippen LogP contribution in [-0.4, -0.2) is 34.9 Å². The summed E-state index contributed by atoms with van der Waals surface area (Å²) in [5, 5.41) is 16.3. The predicted molar refractivity (Wildman–Crippen MR) is 81.7 cm³/mol. The SMILES string of the molecule is Cc1cc(NC(=O)CN(C)c2nnc(C(C)(C)C)s2)no1. The van der Waals surface area contributed by atoms with Gasteiger partial charge in [0.1, 0.15) is 10.8 Å². The minimum Gasteiger partial charge on any atom is -0.360 e. The average molecular weight is 309 g/mol. The van der Waals surface area contributed by atoms with Crippen LogP contribution in [0.4, 0.5) is 10.9 Å². The third kappa shape index (κ3) is 4.01. The van der Waals surface area contributed by atoms with Crippen LogP contribution in [0, 0.1) is 6.92 Å². The summed E-state index contributed by atoms with van der Waals surface area (Å²) in [5.74, 6) is 0.884. The van der Waals surface area contributed by atoms with Gasteiger partial charge in [-0.25, -0.2) is 0 Å². The van der Waals surface area contributed by atoms with E-state index in [0.717, 1.165) is 5.01 Å². The molecule has 0 aromatic carbocycles. The number of carbonyl (C=O) groups excluding carboxylic acids is 1. The molecule has 0 aliphatic heterocycles. The molecule has 2 heterocycles. The minimum absolute atomic E-state index is 0.0444. The molecule has 0 radical (unpaired) electrons. The van der Waals surface area contributed by atoms with Gasteiger partial charge in [-0.05, 0) is 6.92 Å². The molecular weight excluding hydrogens is 290 g/mol. The van der Waals surface area contributed by atoms with Gasteiger partial charge in [0.2, 0.25) is 11.0 Å². The van der Waals surface area contributed by atoms with Crippen molar-refractivity contribution in [3.63, 3.8) is 0 Å². The summed E-state index contributed by atoms with van der Waals surface area (Å²) >= 11 is 1.49. The van der Waals surface area contributed by atoms with Gasteiger partial charge in [0.15, 0.2) is 5.82 Å². The maximum Gasteiger partial charge on any atom is 0.245 e. The van der Waals surface area contributed by atoms with E-state index in [2.05, 4.69) is 41.4 Å². The molecule has 0 spiro atoms. The zero-order chi connectivity index (χ0) is 15.6. The summed E-state index contributed by atoms with van der Waals surface area (Å²) < 4.78 is 4.90. The first-order chi connectivity index (χ1) is 9.75. The first-order valence-electron chi connectivity index (χ1n) is 6.54. The Morgan fingerprint density at radius 2 is 2.14 bits per heavy atom. The number of amides is 1. The van der Waals surface area contributed by atoms with Crippen LogP contribution >= 0.6 is 11.3 Å². The van der Waals surface area contributed by atoms with Crippen molar-refractivity contribution < 1.29 is 9.32 Å². The number of anilines is 2. The number of aryl methyl sites for hydroxylation is 1. The molecule has 21 heavy (non-hydrogen) atoms. The van der Waals surface area contributed by atoms with Crippen molar-refractivity contribution in [3.8, 4) is 0 Å². The highest BCUT2D eigenvalue weighted by molar-refractivity contribution is 7.15. The van der Waals surface area contributed by atoms with Crippen molar-refractivity contribution in [1.29, 1.82) is 0 Å². The first-order valence-corrected chi connectivity index (χ1v) is 7.35. The second kappa shape index (κ2) is 5.80. The van der Waals surface area contributed by atoms with E-state index in [4.69, 9.17) is 4.52 Å². The van der Waals surface area contributed by atoms with Crippen molar-refractivity contribution in [2.45, 2.75) is 33.1 Å². The molecule has 2 rings (SSSR count). The first kappa shape index (κ1) is 15.4. The molecule has 0 fully saturated rings. The van der Waals surface area contributed by atoms with E-state index >= 15 is 0 Å². The van der Waals surface area contributed by atoms with Crippen LogP contribution in [0.1, 0.15) is 31.5 Å². The summed E-state index contributed by atoms with van der Waals surface area (Å²) in [6, 6.07) is 1.67. The average Bonchev–Trinajstić information content (AvgIpc) is 2.97. The van der Waals surface area contributed by atoms with Gasteiger partial charge >= 0.3 is 0 Å². The van der Waals surface area contributed by atoms with Crippen LogP contribution in [-0.2, 0) is 10.2 Å². The van der Waals surface area contributed by atoms with Gasteiger partial charge < -0.3 is 14.7 Å². The van der Waals surface area contributed by atoms with E-state index in [9.17, 15) is 4.79 Å². The van der Waals surface area contributed by atoms with Crippen LogP contribution in [0.5, 0.6) is 0 Å². The van der Waals surface area contributed by atoms with Gasteiger partial charge in [0.05, 0.1) is 6.54 Å². The number of rotatable bonds is 4. The van der Waals surface area contributed by atoms with E-state index in [1.807, 2.05) is 0 Å². The summed E-state index contributed by atoms with van der Waals surface area (Å²) in [4.78, 5) is 13.7. The Kier molecular flexibility index (Phi) is 4.26. The highest BCUT2D eigenvalue weighted by atomic mass is 32.1. The molecule has 114 valence electrons. The number of hydrogen-bond acceptors (Lipinski definition) is 7. The second-order valence-corrected chi connectivity index (χ2v) is 6.82. The predicted octanol–water partition coefficient (Wildman–Crippen LogP) is 2.21. The van der Waals surface area contributed by atoms with Crippen LogP contribution in [0.25, 0.3) is 0 Å². The van der Waals surface area contributed by atoms with Crippen LogP contribution in [0.3, 0.4) is 0 Å². The number of likely N-dealkylation sites (N-methyl/N-ethyl adjacent to an activating group) is 1. The summed E-state index contributed by atoms with van der Waals surface area (Å²) in [5.41, 5.74) is -0.0444. The smallest absolute Gasteiger partial charge is 0.245 e. The zero-order valence-electron chi connectivity index (χ0n) is 12.8. The van der Waals surface area contributed by atoms with Crippen LogP contribution in [0.2, 0.25) is 0 Å². The van der Waals surface area contributed by atoms with Gasteiger partial charge in [0.25, 0.3) is 0 Å². The Hall–Kier alpha value is -1.96. The van der Waals surface area contributed by atoms with Crippen molar-refractivity contribution in [2.24, 2.45) is 0 Å². The standard InChI is InChI=1S/C13H19N5O2S/c1-8-6-9(17-20-8)14-10(19)7-18(5)12-16-15-11(21-12)13(2,3)4/h6H,7H2,1-5H3,(H,14,17,19). The fourth-order valence-electron chi connectivity index (χ4n) is 1.56. The number of hydrogen-bond donors (Lipinski definition) is 1. The molecule has 0 aliphatic carbocycles. The molecule has 7 nitrogen and oxygen atoms in total. The van der Waals surface area contributed by atoms with Gasteiger partial charge in [0, 0.05) is 18.5 Å². The molecule has 0 saturated heterocycles. The molecule has 1 amide bonds. The quantitative estimate of drug-likeness (QED) is 0.932. The van der Waals surface area contributed by atoms with E-state index in [1.165, 1.54) is 11.3 Å². The summed E-state index contributed by atoms with van der Waals surface area (Å²) in [6.07, 6.45) is 0. The fourth-order valence-corrected chi connectivity index (χ4v) is 2.43. The van der Waals surface area contributed by atoms with Gasteiger partial charge in [-0.1, -0.05) is 37.3 Å². The molecule has 0 unspecified atom stereocenters. The molecule has 2 aromatic rings. The molecule has 1 N–H and O–H groups in total. The van der Waals surface area contributed by atoms with E-state index in [-0.39, 0.29) is 17.9 Å². The Bertz CT molecular complexity index is 629. The molecule has 0 atom stereocenters. The van der Waals surface area contributed by atoms with Gasteiger partial charge in [-0.3, -0.25) is 4.79 Å². The Morgan fingerprint density at radius 3 is 2.67 bits per heavy atom. The lowest BCUT2D eigenvalue weighted by Gasteiger charge is -2.15. The molecular formula is C13H19N5O2S. The molecule has 0 aliphatic rings. The summed E-state index contributed by atoms with van der Waals surface area (Å²) in [6.45, 7) is 8.18. The zero-order valence-corrected chi connectivity index (χ0v) is 13.6. The molecule has 0 bridgehead atoms. The fraction of sp³-hybridized carbons (Fsp3) is 0.538. The van der Waals surface area contributed by atoms with Crippen molar-refractivity contribution in [1.82, 2.24) is 15.4 Å². The van der Waals surface area contributed by atoms with E-state index < -0.39 is 0 Å². The number of nitrogens with zero attached hydrogens (tertiary/aromatic N) is 4. The second-order valence-electron chi connectivity index (χ2n) is 5.87. The highest BCUT2D eigenvalue weighted by Gasteiger charge is 2.21. The van der Waals surface area contributed by atoms with Gasteiger partial charge in [-0.2, -0.15) is 0 Å². The molecule has 2 aromatic heterocycles. The lowest BCUT2D eigenvalue weighted by Crippen LogP contribution is -2.30. The summed E-state index contributed by atoms with van der Waals surface area (Å²) in [7, 11) is 1.81. The Labute approximate surface area is 127 Å². The monoisotopic (exact) mass is 309 g/mol. The minimum atomic E-state index is -0.182. The van der Waals surface area contributed by atoms with Gasteiger partial charge in [-0.15, -0.1) is 10.2 Å². The Balaban J connectivity index is 1.96. The maximum atomic E-state index is 11.9. The van der Waals surface area contributed by atoms with Crippen molar-refractivity contribution >= 4 is 28.2 Å². The Morgan fingerprint density at radius 1 is 1.43 bits per heavy atom. The van der Waals surface area contributed by atoms with Crippen molar-refractivity contribution in [3.05, 3.63) is 16.8 Å². The molecule has 0 saturated carbocycles. The maximum absolute atomic E-state index is 11.9. The third-order valence-corrected chi connectivity index (χ3v) is 4.12. The highest BCUT2D eigenvalue weighted by Crippen LogP contribution is 2.29. The molecule has 8 heteroatoms. The van der Waals surface area contributed by atoms with E-state index in [0.29, 0.717) is 16.7 Å². The largest absolute Gasteiger partial charge is 0.360 e. The van der Waals surface area contributed by atoms with Crippen LogP contribution in [0.15, 0.2) is 10.6 Å². The van der Waals surface area contributed by atoms with E-state index in [1.54, 1.807) is 24.9 Å². The van der Waals surface area contributed by atoms with Crippen LogP contribution < -0.4 is 10.2 Å². The lowest BCUT2D eigenvalue weighted by atomic mass is 9.98. The third-order valence-electron chi connectivity index (χ3n) is 2.66. The topological polar surface area (TPSA) is 84.2 Å². The number of aromatic nitrogens is 3. The number of carbonyl (C=O) groups is 1. The number of nitrogens with one attached hydrogen (secondary N) is 1. The normalized spacial score (nSPS) is 11.5.